The second-order valence-electron chi connectivity index (χ2n) is 10.3. The highest BCUT2D eigenvalue weighted by atomic mass is 16.5. The lowest BCUT2D eigenvalue weighted by Crippen LogP contribution is -2.05. The maximum Gasteiger partial charge on any atom is 0.212 e. The third-order valence-electron chi connectivity index (χ3n) is 7.40. The molecule has 200 valence electrons. The van der Waals surface area contributed by atoms with Crippen LogP contribution in [-0.4, -0.2) is 50.9 Å². The molecule has 2 aliphatic carbocycles. The fourth-order valence-electron chi connectivity index (χ4n) is 5.16. The van der Waals surface area contributed by atoms with E-state index in [9.17, 15) is 0 Å². The Hall–Kier alpha value is -4.47. The molecule has 0 aliphatic heterocycles. The normalized spacial score (nSPS) is 16.5. The molecule has 3 aromatic heterocycles. The molecule has 3 heterocycles. The standard InChI is InChI=1S/C29H33N9O/c1-32-14-23(27(31)39-4)33-13-21-19(6-5-7-22(21)30)25-26(17-10-11-17)38(3)29(35-25)20-12-18-15-37(2)36-28(18)34-24(20)16-8-9-16/h5-7,12-17H,8-11,30-31H2,1-4H3/b27-23-,32-14?,33-13?. The smallest absolute Gasteiger partial charge is 0.212 e. The fourth-order valence-corrected chi connectivity index (χ4v) is 5.16. The van der Waals surface area contributed by atoms with Gasteiger partial charge in [0, 0.05) is 78.8 Å². The topological polar surface area (TPSA) is 135 Å². The van der Waals surface area contributed by atoms with Gasteiger partial charge in [0.25, 0.3) is 0 Å². The molecule has 4 aromatic rings. The average molecular weight is 524 g/mol. The summed E-state index contributed by atoms with van der Waals surface area (Å²) in [5, 5.41) is 5.57. The van der Waals surface area contributed by atoms with E-state index in [4.69, 9.17) is 26.2 Å². The van der Waals surface area contributed by atoms with Crippen molar-refractivity contribution in [3.8, 4) is 22.6 Å². The summed E-state index contributed by atoms with van der Waals surface area (Å²) in [4.78, 5) is 18.9. The molecule has 2 saturated carbocycles. The third-order valence-corrected chi connectivity index (χ3v) is 7.40. The van der Waals surface area contributed by atoms with E-state index in [0.717, 1.165) is 70.6 Å². The van der Waals surface area contributed by atoms with Gasteiger partial charge in [-0.05, 0) is 37.8 Å². The Morgan fingerprint density at radius 2 is 1.87 bits per heavy atom. The van der Waals surface area contributed by atoms with Gasteiger partial charge in [0.15, 0.2) is 5.65 Å². The van der Waals surface area contributed by atoms with Crippen LogP contribution in [0.5, 0.6) is 0 Å². The van der Waals surface area contributed by atoms with Crippen LogP contribution < -0.4 is 11.5 Å². The van der Waals surface area contributed by atoms with Crippen molar-refractivity contribution >= 4 is 29.1 Å². The number of rotatable bonds is 8. The Bertz CT molecular complexity index is 1670. The van der Waals surface area contributed by atoms with Crippen LogP contribution in [-0.2, 0) is 18.8 Å². The average Bonchev–Trinajstić information content (AvgIpc) is 3.86. The van der Waals surface area contributed by atoms with Gasteiger partial charge < -0.3 is 20.8 Å². The van der Waals surface area contributed by atoms with Crippen molar-refractivity contribution in [2.24, 2.45) is 29.8 Å². The fraction of sp³-hybridized carbons (Fsp3) is 0.345. The van der Waals surface area contributed by atoms with E-state index in [1.54, 1.807) is 19.5 Å². The van der Waals surface area contributed by atoms with Crippen LogP contribution in [0.2, 0.25) is 0 Å². The number of nitrogens with two attached hydrogens (primary N) is 2. The molecule has 0 unspecified atom stereocenters. The van der Waals surface area contributed by atoms with E-state index >= 15 is 0 Å². The van der Waals surface area contributed by atoms with E-state index in [1.165, 1.54) is 12.8 Å². The molecular formula is C29H33N9O. The van der Waals surface area contributed by atoms with Gasteiger partial charge in [0.2, 0.25) is 5.88 Å². The van der Waals surface area contributed by atoms with E-state index in [2.05, 4.69) is 38.8 Å². The molecule has 4 N–H and O–H groups in total. The first-order chi connectivity index (χ1) is 18.9. The van der Waals surface area contributed by atoms with Crippen LogP contribution in [0.15, 0.2) is 52.0 Å². The van der Waals surface area contributed by atoms with Crippen molar-refractivity contribution in [1.82, 2.24) is 24.3 Å². The monoisotopic (exact) mass is 523 g/mol. The van der Waals surface area contributed by atoms with E-state index in [1.807, 2.05) is 30.1 Å². The molecular weight excluding hydrogens is 490 g/mol. The lowest BCUT2D eigenvalue weighted by molar-refractivity contribution is 0.284. The largest absolute Gasteiger partial charge is 0.481 e. The molecule has 0 spiro atoms. The SMILES string of the molecule is CN=C/C(N=Cc1c(N)cccc1-c1nc(-c2cc3cn(C)nc3nc2C2CC2)n(C)c1C1CC1)=C(\N)OC. The zero-order valence-corrected chi connectivity index (χ0v) is 22.7. The zero-order valence-electron chi connectivity index (χ0n) is 22.7. The number of nitrogen functional groups attached to an aromatic ring is 1. The zero-order chi connectivity index (χ0) is 27.3. The number of aliphatic imine (C=N–C) groups is 2. The molecule has 2 aliphatic rings. The van der Waals surface area contributed by atoms with Crippen LogP contribution in [0.1, 0.15) is 54.5 Å². The minimum atomic E-state index is 0.178. The number of nitrogens with zero attached hydrogens (tertiary/aromatic N) is 7. The number of benzene rings is 1. The summed E-state index contributed by atoms with van der Waals surface area (Å²) in [6.45, 7) is 0. The number of pyridine rings is 1. The first kappa shape index (κ1) is 24.8. The Kier molecular flexibility index (Phi) is 6.17. The number of imidazole rings is 1. The number of fused-ring (bicyclic) bond motifs is 1. The van der Waals surface area contributed by atoms with Crippen LogP contribution in [0.3, 0.4) is 0 Å². The van der Waals surface area contributed by atoms with E-state index in [-0.39, 0.29) is 5.88 Å². The van der Waals surface area contributed by atoms with Crippen LogP contribution in [0.25, 0.3) is 33.7 Å². The number of aromatic nitrogens is 5. The van der Waals surface area contributed by atoms with E-state index in [0.29, 0.717) is 23.2 Å². The maximum absolute atomic E-state index is 6.50. The molecule has 0 bridgehead atoms. The Morgan fingerprint density at radius 3 is 2.56 bits per heavy atom. The van der Waals surface area contributed by atoms with Crippen molar-refractivity contribution in [3.63, 3.8) is 0 Å². The molecule has 1 aromatic carbocycles. The number of hydrogen-bond acceptors (Lipinski definition) is 8. The molecule has 6 rings (SSSR count). The highest BCUT2D eigenvalue weighted by Gasteiger charge is 2.35. The molecule has 10 nitrogen and oxygen atoms in total. The van der Waals surface area contributed by atoms with Crippen LogP contribution >= 0.6 is 0 Å². The van der Waals surface area contributed by atoms with Gasteiger partial charge in [-0.25, -0.2) is 15.0 Å². The van der Waals surface area contributed by atoms with Crippen molar-refractivity contribution in [2.75, 3.05) is 19.9 Å². The van der Waals surface area contributed by atoms with Crippen molar-refractivity contribution < 1.29 is 4.74 Å². The number of ether oxygens (including phenoxy) is 1. The molecule has 2 fully saturated rings. The predicted octanol–water partition coefficient (Wildman–Crippen LogP) is 4.27. The van der Waals surface area contributed by atoms with Crippen molar-refractivity contribution in [2.45, 2.75) is 37.5 Å². The Balaban J connectivity index is 1.53. The Morgan fingerprint density at radius 1 is 1.10 bits per heavy atom. The minimum Gasteiger partial charge on any atom is -0.481 e. The summed E-state index contributed by atoms with van der Waals surface area (Å²) in [6, 6.07) is 8.08. The lowest BCUT2D eigenvalue weighted by Gasteiger charge is -2.11. The summed E-state index contributed by atoms with van der Waals surface area (Å²) >= 11 is 0. The number of allylic oxidation sites excluding steroid dienone is 1. The molecule has 0 radical (unpaired) electrons. The van der Waals surface area contributed by atoms with Gasteiger partial charge in [-0.1, -0.05) is 12.1 Å². The molecule has 0 amide bonds. The van der Waals surface area contributed by atoms with Gasteiger partial charge in [-0.15, -0.1) is 0 Å². The number of hydrogen-bond donors (Lipinski definition) is 2. The summed E-state index contributed by atoms with van der Waals surface area (Å²) in [5.41, 5.74) is 20.3. The van der Waals surface area contributed by atoms with E-state index < -0.39 is 0 Å². The maximum atomic E-state index is 6.50. The summed E-state index contributed by atoms with van der Waals surface area (Å²) in [6.07, 6.45) is 9.84. The lowest BCUT2D eigenvalue weighted by atomic mass is 10.0. The number of anilines is 1. The highest BCUT2D eigenvalue weighted by Crippen LogP contribution is 2.48. The number of aryl methyl sites for hydroxylation is 1. The van der Waals surface area contributed by atoms with Gasteiger partial charge in [-0.3, -0.25) is 9.67 Å². The van der Waals surface area contributed by atoms with Gasteiger partial charge in [0.05, 0.1) is 24.7 Å². The molecule has 39 heavy (non-hydrogen) atoms. The van der Waals surface area contributed by atoms with Crippen molar-refractivity contribution in [1.29, 1.82) is 0 Å². The first-order valence-corrected chi connectivity index (χ1v) is 13.2. The summed E-state index contributed by atoms with van der Waals surface area (Å²) in [7, 11) is 7.20. The predicted molar refractivity (Wildman–Crippen MR) is 155 cm³/mol. The van der Waals surface area contributed by atoms with Crippen LogP contribution in [0.4, 0.5) is 5.69 Å². The summed E-state index contributed by atoms with van der Waals surface area (Å²) in [5.74, 6) is 1.99. The highest BCUT2D eigenvalue weighted by molar-refractivity contribution is 5.98. The summed E-state index contributed by atoms with van der Waals surface area (Å²) < 4.78 is 9.25. The Labute approximate surface area is 227 Å². The van der Waals surface area contributed by atoms with Crippen molar-refractivity contribution in [3.05, 3.63) is 59.0 Å². The minimum absolute atomic E-state index is 0.178. The van der Waals surface area contributed by atoms with Gasteiger partial charge in [0.1, 0.15) is 11.5 Å². The first-order valence-electron chi connectivity index (χ1n) is 13.2. The molecule has 0 saturated heterocycles. The molecule has 10 heteroatoms. The quantitative estimate of drug-likeness (QED) is 0.201. The van der Waals surface area contributed by atoms with Gasteiger partial charge >= 0.3 is 0 Å². The molecule has 0 atom stereocenters. The second kappa shape index (κ2) is 9.68. The van der Waals surface area contributed by atoms with Gasteiger partial charge in [-0.2, -0.15) is 5.10 Å². The number of methoxy groups -OCH3 is 1. The third kappa shape index (κ3) is 4.56. The van der Waals surface area contributed by atoms with Crippen LogP contribution in [0, 0.1) is 0 Å². The second-order valence-corrected chi connectivity index (χ2v) is 10.3.